The van der Waals surface area contributed by atoms with E-state index in [9.17, 15) is 4.79 Å². The van der Waals surface area contributed by atoms with Gasteiger partial charge in [-0.1, -0.05) is 30.3 Å². The van der Waals surface area contributed by atoms with Crippen LogP contribution in [-0.2, 0) is 11.3 Å². The first-order chi connectivity index (χ1) is 8.66. The van der Waals surface area contributed by atoms with E-state index in [4.69, 9.17) is 0 Å². The first-order valence-electron chi connectivity index (χ1n) is 6.64. The lowest BCUT2D eigenvalue weighted by molar-refractivity contribution is -0.136. The number of benzene rings is 1. The van der Waals surface area contributed by atoms with E-state index >= 15 is 0 Å². The lowest BCUT2D eigenvalue weighted by Crippen LogP contribution is -2.39. The van der Waals surface area contributed by atoms with Crippen LogP contribution in [0.15, 0.2) is 30.3 Å². The fourth-order valence-electron chi connectivity index (χ4n) is 2.50. The minimum absolute atomic E-state index is 0.218. The van der Waals surface area contributed by atoms with Gasteiger partial charge in [-0.05, 0) is 38.5 Å². The molecule has 1 fully saturated rings. The molecule has 1 heterocycles. The van der Waals surface area contributed by atoms with Gasteiger partial charge in [-0.15, -0.1) is 0 Å². The fraction of sp³-hybridized carbons (Fsp3) is 0.533. The van der Waals surface area contributed by atoms with Gasteiger partial charge in [0.1, 0.15) is 0 Å². The molecular formula is C15H22N2O. The molecule has 0 aromatic heterocycles. The zero-order chi connectivity index (χ0) is 13.0. The van der Waals surface area contributed by atoms with Crippen molar-refractivity contribution in [3.05, 3.63) is 35.9 Å². The number of hydrogen-bond acceptors (Lipinski definition) is 2. The number of rotatable bonds is 3. The third-order valence-electron chi connectivity index (χ3n) is 3.71. The van der Waals surface area contributed by atoms with Crippen molar-refractivity contribution in [2.75, 3.05) is 27.2 Å². The van der Waals surface area contributed by atoms with E-state index in [0.29, 0.717) is 12.5 Å². The highest BCUT2D eigenvalue weighted by atomic mass is 16.2. The highest BCUT2D eigenvalue weighted by Crippen LogP contribution is 2.19. The summed E-state index contributed by atoms with van der Waals surface area (Å²) < 4.78 is 0. The van der Waals surface area contributed by atoms with Gasteiger partial charge >= 0.3 is 0 Å². The van der Waals surface area contributed by atoms with Crippen LogP contribution in [0, 0.1) is 5.92 Å². The van der Waals surface area contributed by atoms with Crippen LogP contribution in [0.3, 0.4) is 0 Å². The maximum Gasteiger partial charge on any atom is 0.225 e. The van der Waals surface area contributed by atoms with E-state index in [1.165, 1.54) is 5.56 Å². The van der Waals surface area contributed by atoms with Gasteiger partial charge in [0, 0.05) is 19.5 Å². The standard InChI is InChI=1S/C15H22N2O/c1-16-10-8-14(9-11-16)15(18)17(2)12-13-6-4-3-5-7-13/h3-7,14H,8-12H2,1-2H3. The van der Waals surface area contributed by atoms with Gasteiger partial charge in [-0.25, -0.2) is 0 Å². The average molecular weight is 246 g/mol. The molecule has 1 saturated heterocycles. The maximum atomic E-state index is 12.3. The molecule has 1 aromatic rings. The Balaban J connectivity index is 1.89. The summed E-state index contributed by atoms with van der Waals surface area (Å²) in [6, 6.07) is 10.2. The smallest absolute Gasteiger partial charge is 0.225 e. The molecule has 1 aromatic carbocycles. The third-order valence-corrected chi connectivity index (χ3v) is 3.71. The molecule has 18 heavy (non-hydrogen) atoms. The number of carbonyl (C=O) groups excluding carboxylic acids is 1. The number of nitrogens with zero attached hydrogens (tertiary/aromatic N) is 2. The van der Waals surface area contributed by atoms with Crippen molar-refractivity contribution in [3.63, 3.8) is 0 Å². The summed E-state index contributed by atoms with van der Waals surface area (Å²) in [6.07, 6.45) is 1.99. The van der Waals surface area contributed by atoms with Gasteiger partial charge in [0.05, 0.1) is 0 Å². The van der Waals surface area contributed by atoms with E-state index in [-0.39, 0.29) is 5.92 Å². The molecule has 0 radical (unpaired) electrons. The summed E-state index contributed by atoms with van der Waals surface area (Å²) in [6.45, 7) is 2.79. The number of amides is 1. The first-order valence-corrected chi connectivity index (χ1v) is 6.64. The molecule has 0 aliphatic carbocycles. The molecule has 0 bridgehead atoms. The number of hydrogen-bond donors (Lipinski definition) is 0. The quantitative estimate of drug-likeness (QED) is 0.814. The van der Waals surface area contributed by atoms with Crippen molar-refractivity contribution in [1.82, 2.24) is 9.80 Å². The normalized spacial score (nSPS) is 17.7. The van der Waals surface area contributed by atoms with Crippen molar-refractivity contribution in [2.24, 2.45) is 5.92 Å². The van der Waals surface area contributed by atoms with E-state index in [1.54, 1.807) is 0 Å². The summed E-state index contributed by atoms with van der Waals surface area (Å²) in [5.74, 6) is 0.516. The molecule has 0 atom stereocenters. The van der Waals surface area contributed by atoms with Crippen molar-refractivity contribution in [1.29, 1.82) is 0 Å². The van der Waals surface area contributed by atoms with Gasteiger partial charge in [0.2, 0.25) is 5.91 Å². The van der Waals surface area contributed by atoms with Gasteiger partial charge in [0.25, 0.3) is 0 Å². The molecule has 1 aliphatic heterocycles. The molecule has 2 rings (SSSR count). The second kappa shape index (κ2) is 6.01. The zero-order valence-corrected chi connectivity index (χ0v) is 11.3. The minimum Gasteiger partial charge on any atom is -0.341 e. The molecule has 1 aliphatic rings. The summed E-state index contributed by atoms with van der Waals surface area (Å²) in [7, 11) is 4.03. The van der Waals surface area contributed by atoms with Crippen LogP contribution >= 0.6 is 0 Å². The highest BCUT2D eigenvalue weighted by Gasteiger charge is 2.25. The van der Waals surface area contributed by atoms with Gasteiger partial charge < -0.3 is 9.80 Å². The third kappa shape index (κ3) is 3.33. The molecule has 3 heteroatoms. The van der Waals surface area contributed by atoms with Crippen LogP contribution in [0.5, 0.6) is 0 Å². The number of carbonyl (C=O) groups is 1. The van der Waals surface area contributed by atoms with Gasteiger partial charge in [-0.3, -0.25) is 4.79 Å². The molecule has 0 unspecified atom stereocenters. The maximum absolute atomic E-state index is 12.3. The predicted octanol–water partition coefficient (Wildman–Crippen LogP) is 1.99. The minimum atomic E-state index is 0.218. The molecular weight excluding hydrogens is 224 g/mol. The Kier molecular flexibility index (Phi) is 4.37. The summed E-state index contributed by atoms with van der Waals surface area (Å²) in [5.41, 5.74) is 1.20. The van der Waals surface area contributed by atoms with Gasteiger partial charge in [-0.2, -0.15) is 0 Å². The lowest BCUT2D eigenvalue weighted by atomic mass is 9.95. The summed E-state index contributed by atoms with van der Waals surface area (Å²) >= 11 is 0. The Hall–Kier alpha value is -1.35. The van der Waals surface area contributed by atoms with E-state index in [2.05, 4.69) is 24.1 Å². The topological polar surface area (TPSA) is 23.6 Å². The molecule has 0 spiro atoms. The van der Waals surface area contributed by atoms with Gasteiger partial charge in [0.15, 0.2) is 0 Å². The van der Waals surface area contributed by atoms with Crippen LogP contribution in [-0.4, -0.2) is 42.9 Å². The fourth-order valence-corrected chi connectivity index (χ4v) is 2.50. The first kappa shape index (κ1) is 13.1. The second-order valence-corrected chi connectivity index (χ2v) is 5.26. The number of piperidine rings is 1. The number of likely N-dealkylation sites (tertiary alicyclic amines) is 1. The monoisotopic (exact) mass is 246 g/mol. The molecule has 3 nitrogen and oxygen atoms in total. The Morgan fingerprint density at radius 3 is 2.50 bits per heavy atom. The van der Waals surface area contributed by atoms with Crippen molar-refractivity contribution in [2.45, 2.75) is 19.4 Å². The average Bonchev–Trinajstić information content (AvgIpc) is 2.40. The van der Waals surface area contributed by atoms with Crippen molar-refractivity contribution < 1.29 is 4.79 Å². The van der Waals surface area contributed by atoms with Crippen LogP contribution in [0.2, 0.25) is 0 Å². The van der Waals surface area contributed by atoms with Crippen molar-refractivity contribution in [3.8, 4) is 0 Å². The second-order valence-electron chi connectivity index (χ2n) is 5.26. The van der Waals surface area contributed by atoms with Crippen LogP contribution in [0.4, 0.5) is 0 Å². The largest absolute Gasteiger partial charge is 0.341 e. The molecule has 98 valence electrons. The SMILES string of the molecule is CN1CCC(C(=O)N(C)Cc2ccccc2)CC1. The van der Waals surface area contributed by atoms with Crippen molar-refractivity contribution >= 4 is 5.91 Å². The lowest BCUT2D eigenvalue weighted by Gasteiger charge is -2.31. The Labute approximate surface area is 109 Å². The van der Waals surface area contributed by atoms with Crippen LogP contribution < -0.4 is 0 Å². The predicted molar refractivity (Wildman–Crippen MR) is 73.1 cm³/mol. The van der Waals surface area contributed by atoms with Crippen LogP contribution in [0.25, 0.3) is 0 Å². The van der Waals surface area contributed by atoms with E-state index in [1.807, 2.05) is 30.1 Å². The Bertz CT molecular complexity index is 383. The Morgan fingerprint density at radius 2 is 1.89 bits per heavy atom. The molecule has 0 saturated carbocycles. The summed E-state index contributed by atoms with van der Waals surface area (Å²) in [4.78, 5) is 16.5. The molecule has 0 N–H and O–H groups in total. The van der Waals surface area contributed by atoms with E-state index < -0.39 is 0 Å². The zero-order valence-electron chi connectivity index (χ0n) is 11.3. The van der Waals surface area contributed by atoms with Crippen LogP contribution in [0.1, 0.15) is 18.4 Å². The summed E-state index contributed by atoms with van der Waals surface area (Å²) in [5, 5.41) is 0. The Morgan fingerprint density at radius 1 is 1.28 bits per heavy atom. The highest BCUT2D eigenvalue weighted by molar-refractivity contribution is 5.78. The van der Waals surface area contributed by atoms with E-state index in [0.717, 1.165) is 25.9 Å². The molecule has 1 amide bonds.